The van der Waals surface area contributed by atoms with Gasteiger partial charge in [0, 0.05) is 13.1 Å². The molecule has 0 aromatic carbocycles. The molecule has 0 aromatic heterocycles. The van der Waals surface area contributed by atoms with E-state index in [4.69, 9.17) is 4.74 Å². The Balaban J connectivity index is 2.71. The maximum absolute atomic E-state index is 12.6. The Hall–Kier alpha value is -1.06. The first-order chi connectivity index (χ1) is 9.35. The zero-order valence-electron chi connectivity index (χ0n) is 13.4. The highest BCUT2D eigenvalue weighted by Crippen LogP contribution is 2.20. The molecule has 0 aromatic rings. The molecule has 1 fully saturated rings. The standard InChI is InChI=1S/C16H29NO3/c1-5-6-10-13(15(19)20-16(2,3)4)14(18)17-11-8-7-9-12-17/h13H,5-12H2,1-4H3/t13-/m1/s1. The molecule has 0 aliphatic carbocycles. The van der Waals surface area contributed by atoms with Crippen LogP contribution in [0.2, 0.25) is 0 Å². The van der Waals surface area contributed by atoms with E-state index in [0.29, 0.717) is 6.42 Å². The molecule has 20 heavy (non-hydrogen) atoms. The summed E-state index contributed by atoms with van der Waals surface area (Å²) >= 11 is 0. The Kier molecular flexibility index (Phi) is 6.50. The number of hydrogen-bond donors (Lipinski definition) is 0. The third-order valence-corrected chi connectivity index (χ3v) is 3.50. The van der Waals surface area contributed by atoms with Crippen LogP contribution in [0.1, 0.15) is 66.2 Å². The van der Waals surface area contributed by atoms with Crippen LogP contribution in [0.4, 0.5) is 0 Å². The SMILES string of the molecule is CCCC[C@@H](C(=O)OC(C)(C)C)C(=O)N1CCCCC1. The highest BCUT2D eigenvalue weighted by molar-refractivity contribution is 5.97. The maximum atomic E-state index is 12.6. The number of piperidine rings is 1. The average Bonchev–Trinajstić information content (AvgIpc) is 2.38. The number of nitrogens with zero attached hydrogens (tertiary/aromatic N) is 1. The topological polar surface area (TPSA) is 46.6 Å². The highest BCUT2D eigenvalue weighted by Gasteiger charge is 2.34. The van der Waals surface area contributed by atoms with Crippen LogP contribution in [-0.4, -0.2) is 35.5 Å². The fourth-order valence-corrected chi connectivity index (χ4v) is 2.46. The molecule has 0 saturated carbocycles. The van der Waals surface area contributed by atoms with Gasteiger partial charge in [-0.25, -0.2) is 0 Å². The van der Waals surface area contributed by atoms with Crippen LogP contribution in [0.3, 0.4) is 0 Å². The van der Waals surface area contributed by atoms with Gasteiger partial charge in [0.05, 0.1) is 0 Å². The minimum Gasteiger partial charge on any atom is -0.459 e. The average molecular weight is 283 g/mol. The van der Waals surface area contributed by atoms with E-state index in [1.807, 2.05) is 25.7 Å². The number of ether oxygens (including phenoxy) is 1. The number of esters is 1. The summed E-state index contributed by atoms with van der Waals surface area (Å²) in [6, 6.07) is 0. The summed E-state index contributed by atoms with van der Waals surface area (Å²) in [5, 5.41) is 0. The van der Waals surface area contributed by atoms with Crippen molar-refractivity contribution >= 4 is 11.9 Å². The second kappa shape index (κ2) is 7.65. The first-order valence-corrected chi connectivity index (χ1v) is 7.87. The van der Waals surface area contributed by atoms with Crippen molar-refractivity contribution in [3.05, 3.63) is 0 Å². The Morgan fingerprint density at radius 2 is 1.75 bits per heavy atom. The molecule has 1 amide bonds. The molecule has 0 radical (unpaired) electrons. The van der Waals surface area contributed by atoms with Crippen LogP contribution in [0, 0.1) is 5.92 Å². The molecule has 116 valence electrons. The van der Waals surface area contributed by atoms with E-state index in [2.05, 4.69) is 6.92 Å². The molecule has 1 rings (SSSR count). The Bertz CT molecular complexity index is 327. The minimum absolute atomic E-state index is 0.0348. The van der Waals surface area contributed by atoms with Gasteiger partial charge in [-0.15, -0.1) is 0 Å². The van der Waals surface area contributed by atoms with Gasteiger partial charge >= 0.3 is 5.97 Å². The largest absolute Gasteiger partial charge is 0.459 e. The Labute approximate surface area is 122 Å². The molecule has 0 unspecified atom stereocenters. The summed E-state index contributed by atoms with van der Waals surface area (Å²) in [5.74, 6) is -1.01. The van der Waals surface area contributed by atoms with Gasteiger partial charge in [-0.2, -0.15) is 0 Å². The van der Waals surface area contributed by atoms with Crippen molar-refractivity contribution in [3.8, 4) is 0 Å². The van der Waals surface area contributed by atoms with Crippen molar-refractivity contribution in [1.29, 1.82) is 0 Å². The lowest BCUT2D eigenvalue weighted by Crippen LogP contribution is -2.44. The fourth-order valence-electron chi connectivity index (χ4n) is 2.46. The minimum atomic E-state index is -0.618. The number of unbranched alkanes of at least 4 members (excludes halogenated alkanes) is 1. The monoisotopic (exact) mass is 283 g/mol. The van der Waals surface area contributed by atoms with Crippen LogP contribution < -0.4 is 0 Å². The molecular formula is C16H29NO3. The molecule has 1 aliphatic heterocycles. The Morgan fingerprint density at radius 1 is 1.15 bits per heavy atom. The summed E-state index contributed by atoms with van der Waals surface area (Å²) in [6.45, 7) is 9.15. The number of likely N-dealkylation sites (tertiary alicyclic amines) is 1. The molecular weight excluding hydrogens is 254 g/mol. The lowest BCUT2D eigenvalue weighted by Gasteiger charge is -2.31. The Morgan fingerprint density at radius 3 is 2.25 bits per heavy atom. The van der Waals surface area contributed by atoms with Gasteiger partial charge in [-0.1, -0.05) is 19.8 Å². The van der Waals surface area contributed by atoms with Crippen molar-refractivity contribution in [2.24, 2.45) is 5.92 Å². The third kappa shape index (κ3) is 5.51. The number of carbonyl (C=O) groups excluding carboxylic acids is 2. The predicted molar refractivity (Wildman–Crippen MR) is 79.3 cm³/mol. The van der Waals surface area contributed by atoms with Crippen molar-refractivity contribution < 1.29 is 14.3 Å². The van der Waals surface area contributed by atoms with Crippen LogP contribution in [0.15, 0.2) is 0 Å². The van der Waals surface area contributed by atoms with E-state index in [1.165, 1.54) is 6.42 Å². The molecule has 0 spiro atoms. The van der Waals surface area contributed by atoms with Crippen LogP contribution >= 0.6 is 0 Å². The van der Waals surface area contributed by atoms with Crippen molar-refractivity contribution in [1.82, 2.24) is 4.90 Å². The summed E-state index contributed by atoms with van der Waals surface area (Å²) in [7, 11) is 0. The maximum Gasteiger partial charge on any atom is 0.319 e. The van der Waals surface area contributed by atoms with Crippen molar-refractivity contribution in [2.45, 2.75) is 71.8 Å². The normalized spacial score (nSPS) is 17.7. The molecule has 1 saturated heterocycles. The van der Waals surface area contributed by atoms with E-state index in [-0.39, 0.29) is 11.9 Å². The highest BCUT2D eigenvalue weighted by atomic mass is 16.6. The van der Waals surface area contributed by atoms with E-state index in [1.54, 1.807) is 0 Å². The zero-order chi connectivity index (χ0) is 15.2. The van der Waals surface area contributed by atoms with Crippen LogP contribution in [0.25, 0.3) is 0 Å². The lowest BCUT2D eigenvalue weighted by molar-refractivity contribution is -0.165. The summed E-state index contributed by atoms with van der Waals surface area (Å²) in [5.41, 5.74) is -0.538. The summed E-state index contributed by atoms with van der Waals surface area (Å²) in [4.78, 5) is 26.7. The molecule has 0 N–H and O–H groups in total. The molecule has 1 aliphatic rings. The molecule has 1 atom stereocenters. The van der Waals surface area contributed by atoms with Gasteiger partial charge in [0.1, 0.15) is 11.5 Å². The fraction of sp³-hybridized carbons (Fsp3) is 0.875. The summed E-state index contributed by atoms with van der Waals surface area (Å²) in [6.07, 6.45) is 5.72. The summed E-state index contributed by atoms with van der Waals surface area (Å²) < 4.78 is 5.42. The number of carbonyl (C=O) groups is 2. The van der Waals surface area contributed by atoms with Gasteiger partial charge in [-0.05, 0) is 46.5 Å². The second-order valence-electron chi connectivity index (χ2n) is 6.61. The van der Waals surface area contributed by atoms with Gasteiger partial charge in [0.2, 0.25) is 5.91 Å². The van der Waals surface area contributed by atoms with Crippen LogP contribution in [0.5, 0.6) is 0 Å². The number of rotatable bonds is 5. The smallest absolute Gasteiger partial charge is 0.319 e. The molecule has 4 heteroatoms. The van der Waals surface area contributed by atoms with E-state index in [0.717, 1.165) is 38.8 Å². The quantitative estimate of drug-likeness (QED) is 0.575. The van der Waals surface area contributed by atoms with Gasteiger partial charge in [0.15, 0.2) is 0 Å². The first-order valence-electron chi connectivity index (χ1n) is 7.87. The molecule has 1 heterocycles. The van der Waals surface area contributed by atoms with Gasteiger partial charge in [0.25, 0.3) is 0 Å². The predicted octanol–water partition coefficient (Wildman–Crippen LogP) is 3.15. The third-order valence-electron chi connectivity index (χ3n) is 3.50. The van der Waals surface area contributed by atoms with Gasteiger partial charge in [-0.3, -0.25) is 9.59 Å². The zero-order valence-corrected chi connectivity index (χ0v) is 13.4. The van der Waals surface area contributed by atoms with E-state index < -0.39 is 11.5 Å². The van der Waals surface area contributed by atoms with Gasteiger partial charge < -0.3 is 9.64 Å². The second-order valence-corrected chi connectivity index (χ2v) is 6.61. The first kappa shape index (κ1) is 17.0. The number of amides is 1. The lowest BCUT2D eigenvalue weighted by atomic mass is 9.98. The van der Waals surface area contributed by atoms with Crippen molar-refractivity contribution in [2.75, 3.05) is 13.1 Å². The van der Waals surface area contributed by atoms with E-state index in [9.17, 15) is 9.59 Å². The molecule has 0 bridgehead atoms. The number of hydrogen-bond acceptors (Lipinski definition) is 3. The molecule has 4 nitrogen and oxygen atoms in total. The van der Waals surface area contributed by atoms with Crippen molar-refractivity contribution in [3.63, 3.8) is 0 Å². The van der Waals surface area contributed by atoms with E-state index >= 15 is 0 Å². The van der Waals surface area contributed by atoms with Crippen LogP contribution in [-0.2, 0) is 14.3 Å².